The van der Waals surface area contributed by atoms with Crippen LogP contribution in [0, 0.1) is 5.82 Å². The summed E-state index contributed by atoms with van der Waals surface area (Å²) in [5.74, 6) is -0.721. The number of likely N-dealkylation sites (N-methyl/N-ethyl adjacent to an activating group) is 1. The molecule has 3 nitrogen and oxygen atoms in total. The van der Waals surface area contributed by atoms with Gasteiger partial charge in [-0.3, -0.25) is 9.69 Å². The summed E-state index contributed by atoms with van der Waals surface area (Å²) in [4.78, 5) is 14.0. The fourth-order valence-corrected chi connectivity index (χ4v) is 1.80. The highest BCUT2D eigenvalue weighted by molar-refractivity contribution is 6.30. The van der Waals surface area contributed by atoms with Crippen molar-refractivity contribution in [2.45, 2.75) is 32.7 Å². The number of carbonyl (C=O) groups excluding carboxylic acids is 1. The molecule has 0 radical (unpaired) electrons. The number of rotatable bonds is 6. The minimum absolute atomic E-state index is 0.119. The Morgan fingerprint density at radius 1 is 1.53 bits per heavy atom. The van der Waals surface area contributed by atoms with E-state index in [0.717, 1.165) is 19.4 Å². The Morgan fingerprint density at radius 2 is 2.21 bits per heavy atom. The van der Waals surface area contributed by atoms with Crippen LogP contribution in [0.15, 0.2) is 18.2 Å². The van der Waals surface area contributed by atoms with Gasteiger partial charge in [0.05, 0.1) is 11.7 Å². The Bertz CT molecular complexity index is 439. The van der Waals surface area contributed by atoms with Crippen molar-refractivity contribution in [3.05, 3.63) is 29.0 Å². The summed E-state index contributed by atoms with van der Waals surface area (Å²) in [5, 5.41) is 2.96. The second kappa shape index (κ2) is 7.46. The van der Waals surface area contributed by atoms with Crippen LogP contribution in [0.25, 0.3) is 0 Å². The van der Waals surface area contributed by atoms with Gasteiger partial charge in [0.1, 0.15) is 5.82 Å². The van der Waals surface area contributed by atoms with E-state index in [1.807, 2.05) is 11.9 Å². The van der Waals surface area contributed by atoms with Crippen LogP contribution in [0.5, 0.6) is 0 Å². The number of amides is 1. The molecule has 0 saturated carbocycles. The van der Waals surface area contributed by atoms with Crippen LogP contribution in [-0.2, 0) is 4.79 Å². The Balaban J connectivity index is 2.65. The molecule has 0 aromatic heterocycles. The lowest BCUT2D eigenvalue weighted by molar-refractivity contribution is -0.120. The normalized spacial score (nSPS) is 12.5. The molecule has 0 spiro atoms. The Hall–Kier alpha value is -1.13. The first-order chi connectivity index (χ1) is 8.95. The third kappa shape index (κ3) is 4.80. The molecule has 0 aliphatic rings. The van der Waals surface area contributed by atoms with Gasteiger partial charge in [-0.1, -0.05) is 24.9 Å². The number of hydrogen-bond acceptors (Lipinski definition) is 2. The smallest absolute Gasteiger partial charge is 0.241 e. The maximum atomic E-state index is 13.5. The van der Waals surface area contributed by atoms with Gasteiger partial charge in [-0.25, -0.2) is 4.39 Å². The van der Waals surface area contributed by atoms with Gasteiger partial charge in [0.2, 0.25) is 5.91 Å². The standard InChI is InChI=1S/C14H20ClFN2O/c1-4-5-8-18(3)10(2)14(19)17-13-9-11(15)6-7-12(13)16/h6-7,9-10H,4-5,8H2,1-3H3,(H,17,19). The molecule has 0 aliphatic carbocycles. The molecule has 19 heavy (non-hydrogen) atoms. The minimum atomic E-state index is -0.485. The lowest BCUT2D eigenvalue weighted by Crippen LogP contribution is -2.40. The first-order valence-electron chi connectivity index (χ1n) is 6.41. The van der Waals surface area contributed by atoms with Gasteiger partial charge < -0.3 is 5.32 Å². The number of benzene rings is 1. The topological polar surface area (TPSA) is 32.3 Å². The lowest BCUT2D eigenvalue weighted by Gasteiger charge is -2.23. The van der Waals surface area contributed by atoms with Gasteiger partial charge in [-0.15, -0.1) is 0 Å². The predicted octanol–water partition coefficient (Wildman–Crippen LogP) is 3.54. The molecule has 1 amide bonds. The van der Waals surface area contributed by atoms with Crippen LogP contribution in [0.1, 0.15) is 26.7 Å². The van der Waals surface area contributed by atoms with Crippen molar-refractivity contribution in [2.24, 2.45) is 0 Å². The number of nitrogens with one attached hydrogen (secondary N) is 1. The summed E-state index contributed by atoms with van der Waals surface area (Å²) in [6, 6.07) is 3.78. The molecule has 5 heteroatoms. The highest BCUT2D eigenvalue weighted by atomic mass is 35.5. The molecule has 0 aliphatic heterocycles. The molecule has 1 aromatic rings. The molecule has 106 valence electrons. The van der Waals surface area contributed by atoms with Crippen molar-refractivity contribution in [1.82, 2.24) is 4.90 Å². The van der Waals surface area contributed by atoms with Crippen molar-refractivity contribution in [3.8, 4) is 0 Å². The maximum absolute atomic E-state index is 13.5. The number of unbranched alkanes of at least 4 members (excludes halogenated alkanes) is 1. The predicted molar refractivity (Wildman–Crippen MR) is 77.0 cm³/mol. The monoisotopic (exact) mass is 286 g/mol. The molecule has 1 aromatic carbocycles. The fraction of sp³-hybridized carbons (Fsp3) is 0.500. The van der Waals surface area contributed by atoms with Crippen LogP contribution in [0.4, 0.5) is 10.1 Å². The average Bonchev–Trinajstić information content (AvgIpc) is 2.39. The van der Waals surface area contributed by atoms with Gasteiger partial charge in [0, 0.05) is 5.02 Å². The molecular weight excluding hydrogens is 267 g/mol. The van der Waals surface area contributed by atoms with Gasteiger partial charge in [0.25, 0.3) is 0 Å². The van der Waals surface area contributed by atoms with Crippen molar-refractivity contribution < 1.29 is 9.18 Å². The zero-order chi connectivity index (χ0) is 14.4. The van der Waals surface area contributed by atoms with E-state index in [1.54, 1.807) is 6.92 Å². The molecule has 0 fully saturated rings. The largest absolute Gasteiger partial charge is 0.322 e. The van der Waals surface area contributed by atoms with E-state index in [9.17, 15) is 9.18 Å². The van der Waals surface area contributed by atoms with Crippen molar-refractivity contribution >= 4 is 23.2 Å². The summed E-state index contributed by atoms with van der Waals surface area (Å²) in [5.41, 5.74) is 0.119. The molecule has 0 heterocycles. The van der Waals surface area contributed by atoms with Crippen LogP contribution in [-0.4, -0.2) is 30.4 Å². The highest BCUT2D eigenvalue weighted by Crippen LogP contribution is 2.20. The Labute approximate surface area is 118 Å². The molecule has 1 N–H and O–H groups in total. The molecule has 0 saturated heterocycles. The summed E-state index contributed by atoms with van der Waals surface area (Å²) in [7, 11) is 1.88. The fourth-order valence-electron chi connectivity index (χ4n) is 1.63. The van der Waals surface area contributed by atoms with E-state index < -0.39 is 5.82 Å². The van der Waals surface area contributed by atoms with Crippen molar-refractivity contribution in [2.75, 3.05) is 18.9 Å². The molecule has 0 bridgehead atoms. The maximum Gasteiger partial charge on any atom is 0.241 e. The van der Waals surface area contributed by atoms with E-state index >= 15 is 0 Å². The zero-order valence-electron chi connectivity index (χ0n) is 11.5. The Morgan fingerprint density at radius 3 is 2.84 bits per heavy atom. The van der Waals surface area contributed by atoms with Gasteiger partial charge in [-0.05, 0) is 45.1 Å². The second-order valence-electron chi connectivity index (χ2n) is 4.62. The Kier molecular flexibility index (Phi) is 6.25. The van der Waals surface area contributed by atoms with Crippen molar-refractivity contribution in [3.63, 3.8) is 0 Å². The summed E-state index contributed by atoms with van der Waals surface area (Å²) < 4.78 is 13.5. The van der Waals surface area contributed by atoms with Crippen LogP contribution >= 0.6 is 11.6 Å². The molecular formula is C14H20ClFN2O. The number of carbonyl (C=O) groups is 1. The minimum Gasteiger partial charge on any atom is -0.322 e. The lowest BCUT2D eigenvalue weighted by atomic mass is 10.2. The first kappa shape index (κ1) is 15.9. The first-order valence-corrected chi connectivity index (χ1v) is 6.79. The highest BCUT2D eigenvalue weighted by Gasteiger charge is 2.18. The third-order valence-electron chi connectivity index (χ3n) is 3.09. The number of anilines is 1. The summed E-state index contributed by atoms with van der Waals surface area (Å²) in [6.07, 6.45) is 2.10. The van der Waals surface area contributed by atoms with Crippen LogP contribution in [0.3, 0.4) is 0 Å². The average molecular weight is 287 g/mol. The van der Waals surface area contributed by atoms with Gasteiger partial charge in [-0.2, -0.15) is 0 Å². The van der Waals surface area contributed by atoms with E-state index in [-0.39, 0.29) is 17.6 Å². The second-order valence-corrected chi connectivity index (χ2v) is 5.06. The molecule has 1 rings (SSSR count). The number of hydrogen-bond donors (Lipinski definition) is 1. The third-order valence-corrected chi connectivity index (χ3v) is 3.33. The van der Waals surface area contributed by atoms with E-state index in [1.165, 1.54) is 18.2 Å². The van der Waals surface area contributed by atoms with E-state index in [2.05, 4.69) is 12.2 Å². The van der Waals surface area contributed by atoms with Crippen LogP contribution < -0.4 is 5.32 Å². The summed E-state index contributed by atoms with van der Waals surface area (Å²) in [6.45, 7) is 4.73. The quantitative estimate of drug-likeness (QED) is 0.867. The zero-order valence-corrected chi connectivity index (χ0v) is 12.3. The molecule has 1 atom stereocenters. The van der Waals surface area contributed by atoms with Gasteiger partial charge >= 0.3 is 0 Å². The summed E-state index contributed by atoms with van der Waals surface area (Å²) >= 11 is 5.78. The number of halogens is 2. The van der Waals surface area contributed by atoms with E-state index in [4.69, 9.17) is 11.6 Å². The number of nitrogens with zero attached hydrogens (tertiary/aromatic N) is 1. The SMILES string of the molecule is CCCCN(C)C(C)C(=O)Nc1cc(Cl)ccc1F. The van der Waals surface area contributed by atoms with E-state index in [0.29, 0.717) is 5.02 Å². The van der Waals surface area contributed by atoms with Crippen molar-refractivity contribution in [1.29, 1.82) is 0 Å². The molecule has 1 unspecified atom stereocenters. The van der Waals surface area contributed by atoms with Crippen LogP contribution in [0.2, 0.25) is 5.02 Å². The van der Waals surface area contributed by atoms with Gasteiger partial charge in [0.15, 0.2) is 0 Å².